The zero-order chi connectivity index (χ0) is 11.1. The Morgan fingerprint density at radius 1 is 0.733 bits per heavy atom. The minimum absolute atomic E-state index is 0.100. The molecule has 2 atom stereocenters. The minimum atomic E-state index is -1.40. The molecule has 2 fully saturated rings. The van der Waals surface area contributed by atoms with Gasteiger partial charge in [0.25, 0.3) is 0 Å². The summed E-state index contributed by atoms with van der Waals surface area (Å²) in [5.74, 6) is -0.200. The van der Waals surface area contributed by atoms with Crippen molar-refractivity contribution in [1.29, 1.82) is 21.0 Å². The summed E-state index contributed by atoms with van der Waals surface area (Å²) in [6, 6.07) is 7.78. The summed E-state index contributed by atoms with van der Waals surface area (Å²) in [6.45, 7) is 0. The van der Waals surface area contributed by atoms with Gasteiger partial charge in [0.2, 0.25) is 0 Å². The summed E-state index contributed by atoms with van der Waals surface area (Å²) >= 11 is 0. The van der Waals surface area contributed by atoms with Crippen LogP contribution in [0.15, 0.2) is 0 Å². The lowest BCUT2D eigenvalue weighted by Gasteiger charge is -2.34. The van der Waals surface area contributed by atoms with Crippen LogP contribution in [-0.4, -0.2) is 0 Å². The van der Waals surface area contributed by atoms with E-state index in [1.807, 2.05) is 24.3 Å². The quantitative estimate of drug-likeness (QED) is 0.586. The molecule has 2 aliphatic rings. The van der Waals surface area contributed by atoms with Crippen molar-refractivity contribution in [3.05, 3.63) is 0 Å². The minimum Gasteiger partial charge on any atom is -0.196 e. The van der Waals surface area contributed by atoms with Gasteiger partial charge in [-0.2, -0.15) is 21.0 Å². The number of fused-ring (bicyclic) bond motifs is 2. The Morgan fingerprint density at radius 2 is 1.07 bits per heavy atom. The first-order chi connectivity index (χ1) is 7.20. The van der Waals surface area contributed by atoms with E-state index < -0.39 is 10.8 Å². The van der Waals surface area contributed by atoms with Gasteiger partial charge in [0.05, 0.1) is 24.3 Å². The molecular formula is C11H8N4. The van der Waals surface area contributed by atoms with Gasteiger partial charge in [-0.25, -0.2) is 0 Å². The normalized spacial score (nSPS) is 33.3. The first-order valence-corrected chi connectivity index (χ1v) is 4.85. The standard InChI is InChI=1S/C11H8N4/c12-4-10(5-13)8-1-2-9(3-8)11(10,6-14)7-15/h8-9H,1-3H2/t8-,9-/m1/s1. The summed E-state index contributed by atoms with van der Waals surface area (Å²) in [6.07, 6.45) is 2.25. The highest BCUT2D eigenvalue weighted by molar-refractivity contribution is 5.41. The molecule has 0 aromatic rings. The van der Waals surface area contributed by atoms with E-state index in [0.717, 1.165) is 12.8 Å². The topological polar surface area (TPSA) is 95.2 Å². The molecule has 0 unspecified atom stereocenters. The molecular weight excluding hydrogens is 188 g/mol. The van der Waals surface area contributed by atoms with Gasteiger partial charge in [0, 0.05) is 0 Å². The summed E-state index contributed by atoms with van der Waals surface area (Å²) in [5, 5.41) is 36.6. The fraction of sp³-hybridized carbons (Fsp3) is 0.636. The predicted molar refractivity (Wildman–Crippen MR) is 48.1 cm³/mol. The second-order valence-corrected chi connectivity index (χ2v) is 4.27. The maximum atomic E-state index is 9.16. The molecule has 4 heteroatoms. The molecule has 0 aromatic heterocycles. The first-order valence-electron chi connectivity index (χ1n) is 4.85. The van der Waals surface area contributed by atoms with Crippen LogP contribution in [0.1, 0.15) is 19.3 Å². The molecule has 0 N–H and O–H groups in total. The lowest BCUT2D eigenvalue weighted by Crippen LogP contribution is -2.43. The van der Waals surface area contributed by atoms with Gasteiger partial charge >= 0.3 is 0 Å². The van der Waals surface area contributed by atoms with Crippen LogP contribution in [-0.2, 0) is 0 Å². The van der Waals surface area contributed by atoms with Crippen molar-refractivity contribution in [2.45, 2.75) is 19.3 Å². The van der Waals surface area contributed by atoms with E-state index in [2.05, 4.69) is 0 Å². The number of hydrogen-bond donors (Lipinski definition) is 0. The van der Waals surface area contributed by atoms with Gasteiger partial charge in [-0.15, -0.1) is 0 Å². The highest BCUT2D eigenvalue weighted by atomic mass is 14.7. The summed E-state index contributed by atoms with van der Waals surface area (Å²) in [4.78, 5) is 0. The summed E-state index contributed by atoms with van der Waals surface area (Å²) < 4.78 is 0. The Kier molecular flexibility index (Phi) is 1.73. The average molecular weight is 196 g/mol. The van der Waals surface area contributed by atoms with Crippen molar-refractivity contribution in [1.82, 2.24) is 0 Å². The third kappa shape index (κ3) is 0.743. The van der Waals surface area contributed by atoms with E-state index in [9.17, 15) is 0 Å². The van der Waals surface area contributed by atoms with Crippen molar-refractivity contribution in [2.24, 2.45) is 22.7 Å². The zero-order valence-electron chi connectivity index (χ0n) is 8.06. The number of nitriles is 4. The number of nitrogens with zero attached hydrogens (tertiary/aromatic N) is 4. The molecule has 4 nitrogen and oxygen atoms in total. The maximum absolute atomic E-state index is 9.16. The van der Waals surface area contributed by atoms with Crippen LogP contribution in [0.5, 0.6) is 0 Å². The zero-order valence-corrected chi connectivity index (χ0v) is 8.06. The Morgan fingerprint density at radius 3 is 1.33 bits per heavy atom. The summed E-state index contributed by atoms with van der Waals surface area (Å²) in [7, 11) is 0. The van der Waals surface area contributed by atoms with Gasteiger partial charge < -0.3 is 0 Å². The largest absolute Gasteiger partial charge is 0.196 e. The van der Waals surface area contributed by atoms with Gasteiger partial charge in [-0.1, -0.05) is 0 Å². The van der Waals surface area contributed by atoms with Crippen LogP contribution in [0.4, 0.5) is 0 Å². The van der Waals surface area contributed by atoms with E-state index in [0.29, 0.717) is 6.42 Å². The second kappa shape index (κ2) is 2.73. The molecule has 0 amide bonds. The highest BCUT2D eigenvalue weighted by Crippen LogP contribution is 2.65. The fourth-order valence-electron chi connectivity index (χ4n) is 3.18. The van der Waals surface area contributed by atoms with E-state index in [4.69, 9.17) is 21.0 Å². The molecule has 0 aliphatic heterocycles. The van der Waals surface area contributed by atoms with Crippen molar-refractivity contribution in [2.75, 3.05) is 0 Å². The van der Waals surface area contributed by atoms with Crippen molar-refractivity contribution in [3.63, 3.8) is 0 Å². The highest BCUT2D eigenvalue weighted by Gasteiger charge is 2.70. The van der Waals surface area contributed by atoms with Crippen LogP contribution in [0.2, 0.25) is 0 Å². The Hall–Kier alpha value is -2.04. The third-order valence-corrected chi connectivity index (χ3v) is 3.98. The number of rotatable bonds is 0. The molecule has 2 saturated carbocycles. The van der Waals surface area contributed by atoms with Gasteiger partial charge in [0.1, 0.15) is 0 Å². The van der Waals surface area contributed by atoms with E-state index >= 15 is 0 Å². The molecule has 0 heterocycles. The Bertz CT molecular complexity index is 393. The molecule has 15 heavy (non-hydrogen) atoms. The van der Waals surface area contributed by atoms with Crippen LogP contribution in [0.25, 0.3) is 0 Å². The Balaban J connectivity index is 2.67. The molecule has 0 spiro atoms. The first kappa shape index (κ1) is 9.51. The monoisotopic (exact) mass is 196 g/mol. The molecule has 72 valence electrons. The van der Waals surface area contributed by atoms with Crippen molar-refractivity contribution >= 4 is 0 Å². The van der Waals surface area contributed by atoms with Crippen LogP contribution < -0.4 is 0 Å². The maximum Gasteiger partial charge on any atom is 0.178 e. The van der Waals surface area contributed by atoms with Gasteiger partial charge in [-0.05, 0) is 31.1 Å². The molecule has 0 aromatic carbocycles. The van der Waals surface area contributed by atoms with Crippen molar-refractivity contribution < 1.29 is 0 Å². The average Bonchev–Trinajstić information content (AvgIpc) is 2.85. The molecule has 2 rings (SSSR count). The third-order valence-electron chi connectivity index (χ3n) is 3.98. The van der Waals surface area contributed by atoms with Crippen LogP contribution in [0, 0.1) is 68.0 Å². The lowest BCUT2D eigenvalue weighted by atomic mass is 9.58. The predicted octanol–water partition coefficient (Wildman–Crippen LogP) is 1.48. The molecule has 2 aliphatic carbocycles. The second-order valence-electron chi connectivity index (χ2n) is 4.27. The molecule has 0 radical (unpaired) electrons. The SMILES string of the molecule is N#CC1(C#N)[C@@H]2CC[C@H](C2)C1(C#N)C#N. The summed E-state index contributed by atoms with van der Waals surface area (Å²) in [5.41, 5.74) is -2.81. The van der Waals surface area contributed by atoms with Crippen LogP contribution in [0.3, 0.4) is 0 Å². The molecule has 0 saturated heterocycles. The van der Waals surface area contributed by atoms with E-state index in [-0.39, 0.29) is 11.8 Å². The van der Waals surface area contributed by atoms with Gasteiger partial charge in [-0.3, -0.25) is 0 Å². The smallest absolute Gasteiger partial charge is 0.178 e. The van der Waals surface area contributed by atoms with Crippen molar-refractivity contribution in [3.8, 4) is 24.3 Å². The molecule has 2 bridgehead atoms. The Labute approximate surface area is 87.9 Å². The van der Waals surface area contributed by atoms with Crippen LogP contribution >= 0.6 is 0 Å². The van der Waals surface area contributed by atoms with E-state index in [1.165, 1.54) is 0 Å². The lowest BCUT2D eigenvalue weighted by molar-refractivity contribution is 0.188. The van der Waals surface area contributed by atoms with E-state index in [1.54, 1.807) is 0 Å². The number of hydrogen-bond acceptors (Lipinski definition) is 4. The van der Waals surface area contributed by atoms with Gasteiger partial charge in [0.15, 0.2) is 10.8 Å². The fourth-order valence-corrected chi connectivity index (χ4v) is 3.18.